The van der Waals surface area contributed by atoms with Crippen molar-refractivity contribution in [3.63, 3.8) is 0 Å². The van der Waals surface area contributed by atoms with Gasteiger partial charge in [-0.2, -0.15) is 0 Å². The first-order valence-electron chi connectivity index (χ1n) is 2.94. The summed E-state index contributed by atoms with van der Waals surface area (Å²) in [6.07, 6.45) is -0.866. The summed E-state index contributed by atoms with van der Waals surface area (Å²) in [7, 11) is 0. The molecule has 0 rings (SSSR count). The van der Waals surface area contributed by atoms with Crippen molar-refractivity contribution in [2.75, 3.05) is 0 Å². The zero-order chi connectivity index (χ0) is 8.15. The van der Waals surface area contributed by atoms with Crippen LogP contribution in [0.3, 0.4) is 0 Å². The second-order valence-corrected chi connectivity index (χ2v) is 2.12. The molecule has 4 heteroatoms. The maximum atomic E-state index is 10.1. The number of nitrogens with zero attached hydrogens (tertiary/aromatic N) is 1. The van der Waals surface area contributed by atoms with Crippen LogP contribution in [0.1, 0.15) is 20.8 Å². The first kappa shape index (κ1) is 8.94. The molecule has 1 N–H and O–H groups in total. The van der Waals surface area contributed by atoms with E-state index in [2.05, 4.69) is 9.99 Å². The van der Waals surface area contributed by atoms with Gasteiger partial charge in [0.15, 0.2) is 0 Å². The highest BCUT2D eigenvalue weighted by Gasteiger charge is 2.10. The van der Waals surface area contributed by atoms with Gasteiger partial charge in [0.1, 0.15) is 0 Å². The molecule has 4 nitrogen and oxygen atoms in total. The van der Waals surface area contributed by atoms with Gasteiger partial charge in [-0.1, -0.05) is 5.16 Å². The molecule has 0 aromatic rings. The van der Waals surface area contributed by atoms with Gasteiger partial charge in [-0.25, -0.2) is 4.79 Å². The van der Waals surface area contributed by atoms with E-state index < -0.39 is 12.1 Å². The van der Waals surface area contributed by atoms with Crippen molar-refractivity contribution in [1.82, 2.24) is 0 Å². The van der Waals surface area contributed by atoms with E-state index in [0.717, 1.165) is 0 Å². The lowest BCUT2D eigenvalue weighted by Gasteiger charge is -2.02. The summed E-state index contributed by atoms with van der Waals surface area (Å²) < 4.78 is 0. The standard InChI is InChI=1S/C6H11NO3/c1-4(2)7-10-5(3)6(8)9/h5H,1-3H3,(H,8,9). The Morgan fingerprint density at radius 2 is 2.10 bits per heavy atom. The Hall–Kier alpha value is -1.06. The van der Waals surface area contributed by atoms with Gasteiger partial charge < -0.3 is 9.94 Å². The molecule has 58 valence electrons. The van der Waals surface area contributed by atoms with E-state index in [-0.39, 0.29) is 0 Å². The summed E-state index contributed by atoms with van der Waals surface area (Å²) in [4.78, 5) is 14.7. The van der Waals surface area contributed by atoms with E-state index in [1.807, 2.05) is 0 Å². The van der Waals surface area contributed by atoms with Gasteiger partial charge in [0.2, 0.25) is 6.10 Å². The molecule has 0 aliphatic heterocycles. The average Bonchev–Trinajstić information content (AvgIpc) is 1.82. The van der Waals surface area contributed by atoms with Crippen LogP contribution in [0.4, 0.5) is 0 Å². The van der Waals surface area contributed by atoms with Crippen molar-refractivity contribution >= 4 is 11.7 Å². The summed E-state index contributed by atoms with van der Waals surface area (Å²) in [5, 5.41) is 11.8. The summed E-state index contributed by atoms with van der Waals surface area (Å²) in [5.74, 6) is -1.01. The lowest BCUT2D eigenvalue weighted by molar-refractivity contribution is -0.149. The van der Waals surface area contributed by atoms with Crippen LogP contribution in [0.15, 0.2) is 5.16 Å². The third-order valence-corrected chi connectivity index (χ3v) is 0.741. The van der Waals surface area contributed by atoms with Crippen molar-refractivity contribution in [2.45, 2.75) is 26.9 Å². The fraction of sp³-hybridized carbons (Fsp3) is 0.667. The predicted molar refractivity (Wildman–Crippen MR) is 37.0 cm³/mol. The molecule has 1 atom stereocenters. The molecule has 1 unspecified atom stereocenters. The minimum Gasteiger partial charge on any atom is -0.478 e. The minimum absolute atomic E-state index is 0.702. The number of carboxylic acids is 1. The fourth-order valence-electron chi connectivity index (χ4n) is 0.230. The van der Waals surface area contributed by atoms with Crippen LogP contribution in [0, 0.1) is 0 Å². The summed E-state index contributed by atoms with van der Waals surface area (Å²) in [5.41, 5.74) is 0.702. The number of hydrogen-bond donors (Lipinski definition) is 1. The van der Waals surface area contributed by atoms with Gasteiger partial charge in [-0.3, -0.25) is 0 Å². The van der Waals surface area contributed by atoms with Crippen molar-refractivity contribution in [2.24, 2.45) is 5.16 Å². The smallest absolute Gasteiger partial charge is 0.347 e. The largest absolute Gasteiger partial charge is 0.478 e. The molecular weight excluding hydrogens is 134 g/mol. The Labute approximate surface area is 59.5 Å². The van der Waals surface area contributed by atoms with Crippen molar-refractivity contribution in [3.05, 3.63) is 0 Å². The highest BCUT2D eigenvalue weighted by atomic mass is 16.6. The Morgan fingerprint density at radius 1 is 1.60 bits per heavy atom. The Kier molecular flexibility index (Phi) is 3.46. The molecular formula is C6H11NO3. The van der Waals surface area contributed by atoms with Gasteiger partial charge in [0.05, 0.1) is 5.71 Å². The summed E-state index contributed by atoms with van der Waals surface area (Å²) in [6, 6.07) is 0. The monoisotopic (exact) mass is 145 g/mol. The number of rotatable bonds is 3. The van der Waals surface area contributed by atoms with E-state index >= 15 is 0 Å². The molecule has 0 heterocycles. The number of carbonyl (C=O) groups is 1. The first-order chi connectivity index (χ1) is 4.54. The third kappa shape index (κ3) is 3.88. The van der Waals surface area contributed by atoms with Crippen molar-refractivity contribution in [1.29, 1.82) is 0 Å². The predicted octanol–water partition coefficient (Wildman–Crippen LogP) is 0.872. The first-order valence-corrected chi connectivity index (χ1v) is 2.94. The van der Waals surface area contributed by atoms with Gasteiger partial charge in [0.25, 0.3) is 0 Å². The number of aliphatic carboxylic acids is 1. The molecule has 10 heavy (non-hydrogen) atoms. The van der Waals surface area contributed by atoms with E-state index in [4.69, 9.17) is 5.11 Å². The molecule has 0 aromatic heterocycles. The van der Waals surface area contributed by atoms with Crippen molar-refractivity contribution in [3.8, 4) is 0 Å². The molecule has 0 aromatic carbocycles. The number of oxime groups is 1. The maximum Gasteiger partial charge on any atom is 0.347 e. The molecule has 0 fully saturated rings. The lowest BCUT2D eigenvalue weighted by Crippen LogP contribution is -2.17. The summed E-state index contributed by atoms with van der Waals surface area (Å²) in [6.45, 7) is 4.89. The molecule has 0 aliphatic carbocycles. The van der Waals surface area contributed by atoms with Crippen LogP contribution in [-0.4, -0.2) is 22.9 Å². The van der Waals surface area contributed by atoms with Crippen LogP contribution in [-0.2, 0) is 9.63 Å². The number of hydrogen-bond acceptors (Lipinski definition) is 3. The topological polar surface area (TPSA) is 58.9 Å². The molecule has 0 bridgehead atoms. The zero-order valence-corrected chi connectivity index (χ0v) is 6.29. The van der Waals surface area contributed by atoms with Crippen LogP contribution >= 0.6 is 0 Å². The van der Waals surface area contributed by atoms with Crippen LogP contribution in [0.2, 0.25) is 0 Å². The highest BCUT2D eigenvalue weighted by molar-refractivity contribution is 5.78. The maximum absolute atomic E-state index is 10.1. The minimum atomic E-state index is -1.01. The zero-order valence-electron chi connectivity index (χ0n) is 6.29. The molecule has 0 amide bonds. The van der Waals surface area contributed by atoms with E-state index in [9.17, 15) is 4.79 Å². The lowest BCUT2D eigenvalue weighted by atomic mass is 10.4. The molecule has 0 aliphatic rings. The van der Waals surface area contributed by atoms with Crippen molar-refractivity contribution < 1.29 is 14.7 Å². The van der Waals surface area contributed by atoms with Gasteiger partial charge in [0, 0.05) is 0 Å². The SMILES string of the molecule is CC(C)=NOC(C)C(=O)O. The van der Waals surface area contributed by atoms with Gasteiger partial charge in [-0.05, 0) is 20.8 Å². The average molecular weight is 145 g/mol. The normalized spacial score (nSPS) is 11.9. The Bertz CT molecular complexity index is 149. The van der Waals surface area contributed by atoms with Crippen LogP contribution < -0.4 is 0 Å². The van der Waals surface area contributed by atoms with E-state index in [1.165, 1.54) is 6.92 Å². The summed E-state index contributed by atoms with van der Waals surface area (Å²) >= 11 is 0. The van der Waals surface area contributed by atoms with E-state index in [1.54, 1.807) is 13.8 Å². The Morgan fingerprint density at radius 3 is 2.40 bits per heavy atom. The second-order valence-electron chi connectivity index (χ2n) is 2.12. The quantitative estimate of drug-likeness (QED) is 0.473. The van der Waals surface area contributed by atoms with Crippen LogP contribution in [0.25, 0.3) is 0 Å². The molecule has 0 saturated heterocycles. The van der Waals surface area contributed by atoms with Gasteiger partial charge in [-0.15, -0.1) is 0 Å². The molecule has 0 saturated carbocycles. The van der Waals surface area contributed by atoms with E-state index in [0.29, 0.717) is 5.71 Å². The fourth-order valence-corrected chi connectivity index (χ4v) is 0.230. The Balaban J connectivity index is 3.70. The highest BCUT2D eigenvalue weighted by Crippen LogP contribution is 1.91. The molecule has 0 spiro atoms. The number of carboxylic acid groups (broad SMARTS) is 1. The van der Waals surface area contributed by atoms with Gasteiger partial charge >= 0.3 is 5.97 Å². The second kappa shape index (κ2) is 3.87. The van der Waals surface area contributed by atoms with Crippen LogP contribution in [0.5, 0.6) is 0 Å². The third-order valence-electron chi connectivity index (χ3n) is 0.741. The molecule has 0 radical (unpaired) electrons.